The van der Waals surface area contributed by atoms with Gasteiger partial charge in [-0.3, -0.25) is 9.78 Å². The second kappa shape index (κ2) is 12.7. The molecule has 1 atom stereocenters. The fourth-order valence-electron chi connectivity index (χ4n) is 3.89. The minimum absolute atomic E-state index is 0. The van der Waals surface area contributed by atoms with Gasteiger partial charge in [-0.05, 0) is 43.5 Å². The van der Waals surface area contributed by atoms with E-state index in [1.54, 1.807) is 6.20 Å². The predicted molar refractivity (Wildman–Crippen MR) is 145 cm³/mol. The number of aromatic nitrogens is 4. The van der Waals surface area contributed by atoms with Gasteiger partial charge in [-0.15, -0.1) is 10.2 Å². The second-order valence-electron chi connectivity index (χ2n) is 8.19. The quantitative estimate of drug-likeness (QED) is 0.310. The van der Waals surface area contributed by atoms with Crippen LogP contribution >= 0.6 is 0 Å². The summed E-state index contributed by atoms with van der Waals surface area (Å²) in [6.45, 7) is 13.7. The Bertz CT molecular complexity index is 1260. The number of carbonyl (C=O) groups excluding carboxylic acids is 1. The molecule has 5 rings (SSSR count). The summed E-state index contributed by atoms with van der Waals surface area (Å²) < 4.78 is 5.87. The Labute approximate surface area is 215 Å². The maximum absolute atomic E-state index is 12.7. The van der Waals surface area contributed by atoms with Crippen molar-refractivity contribution in [3.63, 3.8) is 0 Å². The van der Waals surface area contributed by atoms with E-state index in [4.69, 9.17) is 9.40 Å². The van der Waals surface area contributed by atoms with Crippen LogP contribution < -0.4 is 0 Å². The highest BCUT2D eigenvalue weighted by Crippen LogP contribution is 2.27. The van der Waals surface area contributed by atoms with Gasteiger partial charge in [0.1, 0.15) is 5.69 Å². The fourth-order valence-corrected chi connectivity index (χ4v) is 3.89. The number of carbonyl (C=O) groups is 1. The van der Waals surface area contributed by atoms with Gasteiger partial charge in [-0.1, -0.05) is 65.0 Å². The van der Waals surface area contributed by atoms with Gasteiger partial charge in [0, 0.05) is 31.2 Å². The van der Waals surface area contributed by atoms with Crippen LogP contribution in [0, 0.1) is 12.8 Å². The van der Waals surface area contributed by atoms with Crippen LogP contribution in [-0.2, 0) is 0 Å². The summed E-state index contributed by atoms with van der Waals surface area (Å²) in [7, 11) is 0. The van der Waals surface area contributed by atoms with E-state index in [1.807, 2.05) is 94.1 Å². The molecule has 36 heavy (non-hydrogen) atoms. The van der Waals surface area contributed by atoms with Crippen LogP contribution in [0.3, 0.4) is 0 Å². The summed E-state index contributed by atoms with van der Waals surface area (Å²) in [5, 5.41) is 8.33. The van der Waals surface area contributed by atoms with Crippen molar-refractivity contribution in [1.29, 1.82) is 0 Å². The van der Waals surface area contributed by atoms with Gasteiger partial charge in [0.2, 0.25) is 5.89 Å². The molecule has 0 N–H and O–H groups in total. The molecule has 0 radical (unpaired) electrons. The Morgan fingerprint density at radius 1 is 0.944 bits per heavy atom. The maximum Gasteiger partial charge on any atom is 0.268 e. The van der Waals surface area contributed by atoms with Gasteiger partial charge in [0.15, 0.2) is 0 Å². The van der Waals surface area contributed by atoms with Crippen molar-refractivity contribution in [2.75, 3.05) is 13.1 Å². The molecule has 190 valence electrons. The number of amides is 1. The highest BCUT2D eigenvalue weighted by molar-refractivity contribution is 5.94. The number of likely N-dealkylation sites (tertiary alicyclic amines) is 1. The Kier molecular flexibility index (Phi) is 9.45. The molecule has 0 unspecified atom stereocenters. The smallest absolute Gasteiger partial charge is 0.268 e. The molecule has 1 aliphatic rings. The second-order valence-corrected chi connectivity index (χ2v) is 8.19. The summed E-state index contributed by atoms with van der Waals surface area (Å²) in [5.41, 5.74) is 4.33. The van der Waals surface area contributed by atoms with Crippen molar-refractivity contribution in [3.05, 3.63) is 72.1 Å². The van der Waals surface area contributed by atoms with E-state index in [0.717, 1.165) is 30.6 Å². The molecule has 1 fully saturated rings. The number of aryl methyl sites for hydroxylation is 1. The molecule has 0 spiro atoms. The van der Waals surface area contributed by atoms with E-state index in [0.29, 0.717) is 40.3 Å². The number of nitrogens with zero attached hydrogens (tertiary/aromatic N) is 5. The van der Waals surface area contributed by atoms with E-state index >= 15 is 0 Å². The van der Waals surface area contributed by atoms with E-state index in [-0.39, 0.29) is 7.33 Å². The summed E-state index contributed by atoms with van der Waals surface area (Å²) in [6, 6.07) is 17.1. The molecule has 7 nitrogen and oxygen atoms in total. The molecule has 2 aromatic carbocycles. The van der Waals surface area contributed by atoms with Crippen LogP contribution in [0.15, 0.2) is 65.2 Å². The molecule has 3 heterocycles. The van der Waals surface area contributed by atoms with Crippen LogP contribution in [0.2, 0.25) is 0 Å². The largest absolute Gasteiger partial charge is 0.415 e. The first-order chi connectivity index (χ1) is 17.6. The van der Waals surface area contributed by atoms with Crippen LogP contribution in [0.5, 0.6) is 0 Å². The maximum atomic E-state index is 12.7. The average molecular weight is 488 g/mol. The third-order valence-electron chi connectivity index (χ3n) is 5.74. The van der Waals surface area contributed by atoms with Gasteiger partial charge >= 0.3 is 0 Å². The van der Waals surface area contributed by atoms with Crippen molar-refractivity contribution in [2.45, 2.75) is 48.0 Å². The molecule has 0 bridgehead atoms. The van der Waals surface area contributed by atoms with Crippen molar-refractivity contribution in [3.8, 4) is 34.3 Å². The molecule has 4 aromatic rings. The number of hydrogen-bond donors (Lipinski definition) is 0. The average Bonchev–Trinajstić information content (AvgIpc) is 3.61. The highest BCUT2D eigenvalue weighted by atomic mass is 16.4. The van der Waals surface area contributed by atoms with Crippen LogP contribution in [-0.4, -0.2) is 44.1 Å². The number of hydrogen-bond acceptors (Lipinski definition) is 6. The van der Waals surface area contributed by atoms with Crippen molar-refractivity contribution in [1.82, 2.24) is 25.1 Å². The van der Waals surface area contributed by atoms with E-state index < -0.39 is 0 Å². The monoisotopic (exact) mass is 487 g/mol. The first-order valence-corrected chi connectivity index (χ1v) is 12.7. The predicted octanol–water partition coefficient (Wildman–Crippen LogP) is 6.95. The third-order valence-corrected chi connectivity index (χ3v) is 5.74. The first-order valence-electron chi connectivity index (χ1n) is 12.7. The van der Waals surface area contributed by atoms with Crippen molar-refractivity contribution < 1.29 is 10.6 Å². The molecular formula is C29H37N5O2. The molecule has 1 saturated heterocycles. The molecule has 0 aliphatic carbocycles. The SMILES string of the molecule is CC.CC.Cc1ncc(-c2ccc(C(=O)N3CC[C@@H](C)C3)cc2)nc1-c1nnc(-c2ccccc2)o1.[HH]. The third kappa shape index (κ3) is 6.03. The molecule has 2 aromatic heterocycles. The minimum Gasteiger partial charge on any atom is -0.415 e. The zero-order chi connectivity index (χ0) is 26.1. The number of benzene rings is 2. The Hall–Kier alpha value is -3.87. The van der Waals surface area contributed by atoms with Crippen molar-refractivity contribution in [2.24, 2.45) is 5.92 Å². The topological polar surface area (TPSA) is 85.0 Å². The normalized spacial score (nSPS) is 14.4. The molecule has 7 heteroatoms. The highest BCUT2D eigenvalue weighted by Gasteiger charge is 2.24. The van der Waals surface area contributed by atoms with Gasteiger partial charge in [-0.25, -0.2) is 4.98 Å². The zero-order valence-electron chi connectivity index (χ0n) is 22.0. The lowest BCUT2D eigenvalue weighted by Crippen LogP contribution is -2.28. The number of rotatable bonds is 4. The van der Waals surface area contributed by atoms with Gasteiger partial charge in [0.05, 0.1) is 17.6 Å². The Morgan fingerprint density at radius 2 is 1.61 bits per heavy atom. The molecule has 1 aliphatic heterocycles. The van der Waals surface area contributed by atoms with E-state index in [9.17, 15) is 4.79 Å². The summed E-state index contributed by atoms with van der Waals surface area (Å²) in [5.74, 6) is 1.40. The van der Waals surface area contributed by atoms with Crippen LogP contribution in [0.1, 0.15) is 58.5 Å². The van der Waals surface area contributed by atoms with E-state index in [2.05, 4.69) is 22.1 Å². The van der Waals surface area contributed by atoms with Crippen LogP contribution in [0.4, 0.5) is 0 Å². The standard InChI is InChI=1S/C25H23N5O2.2C2H6.H2/c1-16-12-13-30(15-16)25(31)20-10-8-18(9-11-20)21-14-26-17(2)22(27-21)24-29-28-23(32-24)19-6-4-3-5-7-19;2*1-2;/h3-11,14,16H,12-13,15H2,1-2H3;2*1-2H3;1H/t16-;;;/m1.../s1. The molecular weight excluding hydrogens is 450 g/mol. The lowest BCUT2D eigenvalue weighted by Gasteiger charge is -2.16. The van der Waals surface area contributed by atoms with Gasteiger partial charge in [-0.2, -0.15) is 0 Å². The Morgan fingerprint density at radius 3 is 2.25 bits per heavy atom. The minimum atomic E-state index is 0. The molecule has 0 saturated carbocycles. The van der Waals surface area contributed by atoms with Crippen LogP contribution in [0.25, 0.3) is 34.3 Å². The Balaban J connectivity index is 0.000000919. The van der Waals surface area contributed by atoms with Gasteiger partial charge < -0.3 is 9.32 Å². The van der Waals surface area contributed by atoms with E-state index in [1.165, 1.54) is 0 Å². The van der Waals surface area contributed by atoms with Gasteiger partial charge in [0.25, 0.3) is 11.8 Å². The first kappa shape index (κ1) is 26.7. The lowest BCUT2D eigenvalue weighted by molar-refractivity contribution is 0.0788. The van der Waals surface area contributed by atoms with Crippen molar-refractivity contribution >= 4 is 5.91 Å². The fraction of sp³-hybridized carbons (Fsp3) is 0.345. The lowest BCUT2D eigenvalue weighted by atomic mass is 10.1. The summed E-state index contributed by atoms with van der Waals surface area (Å²) >= 11 is 0. The summed E-state index contributed by atoms with van der Waals surface area (Å²) in [4.78, 5) is 23.8. The molecule has 1 amide bonds. The summed E-state index contributed by atoms with van der Waals surface area (Å²) in [6.07, 6.45) is 2.78. The zero-order valence-corrected chi connectivity index (χ0v) is 22.0.